The number of urea groups is 1. The minimum atomic E-state index is -0.856. The van der Waals surface area contributed by atoms with Gasteiger partial charge in [0.05, 0.1) is 22.8 Å². The lowest BCUT2D eigenvalue weighted by Crippen LogP contribution is -2.54. The van der Waals surface area contributed by atoms with Gasteiger partial charge in [-0.1, -0.05) is 59.6 Å². The average Bonchev–Trinajstić information content (AvgIpc) is 3.00. The summed E-state index contributed by atoms with van der Waals surface area (Å²) in [6, 6.07) is 25.3. The molecule has 1 saturated heterocycles. The van der Waals surface area contributed by atoms with Gasteiger partial charge in [-0.05, 0) is 65.7 Å². The van der Waals surface area contributed by atoms with Crippen LogP contribution < -0.4 is 24.4 Å². The van der Waals surface area contributed by atoms with Crippen LogP contribution in [0.3, 0.4) is 0 Å². The first-order chi connectivity index (χ1) is 20.3. The Balaban J connectivity index is 1.38. The van der Waals surface area contributed by atoms with Crippen molar-refractivity contribution in [1.82, 2.24) is 5.32 Å². The number of nitrogens with one attached hydrogen (secondary N) is 1. The molecule has 0 aromatic heterocycles. The average molecular weight is 603 g/mol. The van der Waals surface area contributed by atoms with Gasteiger partial charge >= 0.3 is 6.03 Å². The number of imide groups is 2. The molecule has 0 unspecified atom stereocenters. The van der Waals surface area contributed by atoms with E-state index in [1.807, 2.05) is 30.3 Å². The first-order valence-electron chi connectivity index (χ1n) is 12.8. The second kappa shape index (κ2) is 12.8. The van der Waals surface area contributed by atoms with Crippen LogP contribution in [0.25, 0.3) is 6.08 Å². The van der Waals surface area contributed by atoms with E-state index >= 15 is 0 Å². The molecule has 0 bridgehead atoms. The van der Waals surface area contributed by atoms with Crippen LogP contribution in [-0.2, 0) is 22.8 Å². The zero-order valence-corrected chi connectivity index (χ0v) is 23.8. The molecule has 0 atom stereocenters. The topological polar surface area (TPSA) is 94.2 Å². The van der Waals surface area contributed by atoms with E-state index in [0.717, 1.165) is 16.0 Å². The van der Waals surface area contributed by atoms with Gasteiger partial charge in [-0.3, -0.25) is 14.9 Å². The summed E-state index contributed by atoms with van der Waals surface area (Å²) in [6.45, 7) is 0.492. The monoisotopic (exact) mass is 602 g/mol. The Morgan fingerprint density at radius 2 is 1.48 bits per heavy atom. The van der Waals surface area contributed by atoms with E-state index in [1.54, 1.807) is 60.7 Å². The van der Waals surface area contributed by atoms with Crippen molar-refractivity contribution in [2.45, 2.75) is 13.2 Å². The Hall–Kier alpha value is -4.79. The molecule has 212 valence electrons. The van der Waals surface area contributed by atoms with Crippen LogP contribution >= 0.6 is 23.2 Å². The molecule has 4 amide bonds. The molecule has 1 aliphatic rings. The molecule has 0 saturated carbocycles. The normalized spacial score (nSPS) is 14.1. The number of amides is 4. The number of hydrogen-bond donors (Lipinski definition) is 1. The molecular formula is C32H24Cl2N2O6. The number of carbonyl (C=O) groups is 3. The van der Waals surface area contributed by atoms with Crippen LogP contribution in [0.4, 0.5) is 10.5 Å². The van der Waals surface area contributed by atoms with Gasteiger partial charge in [0.2, 0.25) is 0 Å². The molecule has 0 spiro atoms. The summed E-state index contributed by atoms with van der Waals surface area (Å²) < 4.78 is 17.1. The molecule has 1 N–H and O–H groups in total. The minimum Gasteiger partial charge on any atom is -0.497 e. The highest BCUT2D eigenvalue weighted by Crippen LogP contribution is 2.31. The van der Waals surface area contributed by atoms with Gasteiger partial charge in [-0.2, -0.15) is 0 Å². The molecule has 4 aromatic carbocycles. The highest BCUT2D eigenvalue weighted by atomic mass is 35.5. The Bertz CT molecular complexity index is 1670. The van der Waals surface area contributed by atoms with Crippen LogP contribution in [0, 0.1) is 0 Å². The molecule has 4 aromatic rings. The molecule has 0 radical (unpaired) electrons. The standard InChI is InChI=1S/C32H24Cl2N2O6/c1-40-25-11-8-22(29(17-25)42-19-21-7-14-27(33)28(34)15-21)16-26-30(37)35-32(39)36(31(26)38)23-9-12-24(13-10-23)41-18-20-5-3-2-4-6-20/h2-17H,18-19H2,1H3,(H,35,37,39)/b26-16+. The van der Waals surface area contributed by atoms with Crippen molar-refractivity contribution in [1.29, 1.82) is 0 Å². The van der Waals surface area contributed by atoms with E-state index in [9.17, 15) is 14.4 Å². The molecule has 1 aliphatic heterocycles. The highest BCUT2D eigenvalue weighted by Gasteiger charge is 2.37. The van der Waals surface area contributed by atoms with Crippen LogP contribution in [0.15, 0.2) is 96.6 Å². The number of anilines is 1. The van der Waals surface area contributed by atoms with E-state index in [4.69, 9.17) is 37.4 Å². The Labute approximate surface area is 252 Å². The zero-order chi connectivity index (χ0) is 29.6. The van der Waals surface area contributed by atoms with Gasteiger partial charge in [0.15, 0.2) is 0 Å². The quantitative estimate of drug-likeness (QED) is 0.167. The molecule has 5 rings (SSSR count). The zero-order valence-electron chi connectivity index (χ0n) is 22.3. The highest BCUT2D eigenvalue weighted by molar-refractivity contribution is 6.42. The van der Waals surface area contributed by atoms with Gasteiger partial charge in [-0.25, -0.2) is 9.69 Å². The number of hydrogen-bond acceptors (Lipinski definition) is 6. The molecule has 10 heteroatoms. The van der Waals surface area contributed by atoms with E-state index in [-0.39, 0.29) is 17.9 Å². The molecule has 0 aliphatic carbocycles. The summed E-state index contributed by atoms with van der Waals surface area (Å²) in [5.74, 6) is -0.200. The maximum absolute atomic E-state index is 13.5. The predicted octanol–water partition coefficient (Wildman–Crippen LogP) is 6.83. The second-order valence-corrected chi connectivity index (χ2v) is 9.98. The van der Waals surface area contributed by atoms with Crippen molar-refractivity contribution >= 4 is 52.8 Å². The lowest BCUT2D eigenvalue weighted by molar-refractivity contribution is -0.122. The fourth-order valence-electron chi connectivity index (χ4n) is 4.16. The number of barbiturate groups is 1. The van der Waals surface area contributed by atoms with Gasteiger partial charge in [0.25, 0.3) is 11.8 Å². The fraction of sp³-hybridized carbons (Fsp3) is 0.0938. The van der Waals surface area contributed by atoms with E-state index in [2.05, 4.69) is 5.32 Å². The van der Waals surface area contributed by atoms with Crippen LogP contribution in [0.5, 0.6) is 17.2 Å². The van der Waals surface area contributed by atoms with Gasteiger partial charge < -0.3 is 14.2 Å². The number of nitrogens with zero attached hydrogens (tertiary/aromatic N) is 1. The molecular weight excluding hydrogens is 579 g/mol. The Kier molecular flexibility index (Phi) is 8.76. The lowest BCUT2D eigenvalue weighted by atomic mass is 10.1. The molecule has 1 fully saturated rings. The maximum atomic E-state index is 13.5. The summed E-state index contributed by atoms with van der Waals surface area (Å²) in [5, 5.41) is 3.04. The third kappa shape index (κ3) is 6.57. The number of halogens is 2. The summed E-state index contributed by atoms with van der Waals surface area (Å²) in [6.07, 6.45) is 1.37. The number of ether oxygens (including phenoxy) is 3. The van der Waals surface area contributed by atoms with Crippen molar-refractivity contribution in [3.63, 3.8) is 0 Å². The van der Waals surface area contributed by atoms with Gasteiger partial charge in [-0.15, -0.1) is 0 Å². The van der Waals surface area contributed by atoms with Crippen molar-refractivity contribution < 1.29 is 28.6 Å². The summed E-state index contributed by atoms with van der Waals surface area (Å²) >= 11 is 12.1. The van der Waals surface area contributed by atoms with E-state index < -0.39 is 17.8 Å². The molecule has 1 heterocycles. The SMILES string of the molecule is COc1ccc(/C=C2\C(=O)NC(=O)N(c3ccc(OCc4ccccc4)cc3)C2=O)c(OCc2ccc(Cl)c(Cl)c2)c1. The number of methoxy groups -OCH3 is 1. The fourth-order valence-corrected chi connectivity index (χ4v) is 4.48. The first-order valence-corrected chi connectivity index (χ1v) is 13.5. The summed E-state index contributed by atoms with van der Waals surface area (Å²) in [7, 11) is 1.51. The van der Waals surface area contributed by atoms with E-state index in [0.29, 0.717) is 39.5 Å². The number of benzene rings is 4. The number of carbonyl (C=O) groups excluding carboxylic acids is 3. The summed E-state index contributed by atoms with van der Waals surface area (Å²) in [4.78, 5) is 39.9. The van der Waals surface area contributed by atoms with Crippen LogP contribution in [0.1, 0.15) is 16.7 Å². The predicted molar refractivity (Wildman–Crippen MR) is 160 cm³/mol. The van der Waals surface area contributed by atoms with Gasteiger partial charge in [0, 0.05) is 11.6 Å². The smallest absolute Gasteiger partial charge is 0.335 e. The third-order valence-electron chi connectivity index (χ3n) is 6.34. The first kappa shape index (κ1) is 28.7. The lowest BCUT2D eigenvalue weighted by Gasteiger charge is -2.26. The van der Waals surface area contributed by atoms with E-state index in [1.165, 1.54) is 13.2 Å². The van der Waals surface area contributed by atoms with Crippen molar-refractivity contribution in [3.05, 3.63) is 123 Å². The third-order valence-corrected chi connectivity index (χ3v) is 7.08. The Morgan fingerprint density at radius 1 is 0.762 bits per heavy atom. The van der Waals surface area contributed by atoms with Crippen LogP contribution in [0.2, 0.25) is 10.0 Å². The van der Waals surface area contributed by atoms with Gasteiger partial charge in [0.1, 0.15) is 36.0 Å². The Morgan fingerprint density at radius 3 is 2.19 bits per heavy atom. The largest absolute Gasteiger partial charge is 0.497 e. The van der Waals surface area contributed by atoms with Crippen molar-refractivity contribution in [3.8, 4) is 17.2 Å². The minimum absolute atomic E-state index is 0.129. The molecule has 42 heavy (non-hydrogen) atoms. The van der Waals surface area contributed by atoms with Crippen molar-refractivity contribution in [2.75, 3.05) is 12.0 Å². The van der Waals surface area contributed by atoms with Crippen LogP contribution in [-0.4, -0.2) is 25.0 Å². The van der Waals surface area contributed by atoms with Crippen molar-refractivity contribution in [2.24, 2.45) is 0 Å². The molecule has 8 nitrogen and oxygen atoms in total. The number of rotatable bonds is 9. The second-order valence-electron chi connectivity index (χ2n) is 9.17. The summed E-state index contributed by atoms with van der Waals surface area (Å²) in [5.41, 5.74) is 2.20. The maximum Gasteiger partial charge on any atom is 0.335 e.